The number of hydrogen-bond acceptors (Lipinski definition) is 5. The van der Waals surface area contributed by atoms with E-state index in [4.69, 9.17) is 8.83 Å². The molecule has 3 aromatic rings. The Morgan fingerprint density at radius 2 is 1.92 bits per heavy atom. The first-order valence-corrected chi connectivity index (χ1v) is 8.40. The lowest BCUT2D eigenvalue weighted by atomic mass is 10.1. The molecule has 0 aliphatic carbocycles. The summed E-state index contributed by atoms with van der Waals surface area (Å²) in [5, 5.41) is 3.29. The molecule has 1 aromatic carbocycles. The van der Waals surface area contributed by atoms with Gasteiger partial charge in [0.05, 0.1) is 17.7 Å². The second-order valence-corrected chi connectivity index (χ2v) is 6.61. The number of aryl methyl sites for hydroxylation is 2. The molecule has 0 aliphatic heterocycles. The summed E-state index contributed by atoms with van der Waals surface area (Å²) >= 11 is 0. The number of hydrogen-bond donors (Lipinski definition) is 1. The molecule has 2 heterocycles. The van der Waals surface area contributed by atoms with Gasteiger partial charge in [0, 0.05) is 12.6 Å². The van der Waals surface area contributed by atoms with Crippen molar-refractivity contribution in [3.05, 3.63) is 69.5 Å². The molecule has 6 heteroatoms. The Bertz CT molecular complexity index is 987. The highest BCUT2D eigenvalue weighted by molar-refractivity contribution is 5.93. The summed E-state index contributed by atoms with van der Waals surface area (Å²) in [6, 6.07) is 8.36. The number of nitrogens with one attached hydrogen (secondary N) is 1. The molecule has 3 rings (SSSR count). The molecule has 2 aromatic heterocycles. The molecule has 0 fully saturated rings. The topological polar surface area (TPSA) is 75.7 Å². The van der Waals surface area contributed by atoms with E-state index >= 15 is 0 Å². The van der Waals surface area contributed by atoms with Crippen molar-refractivity contribution in [2.45, 2.75) is 19.9 Å². The largest absolute Gasteiger partial charge is 0.468 e. The van der Waals surface area contributed by atoms with Gasteiger partial charge in [0.2, 0.25) is 0 Å². The van der Waals surface area contributed by atoms with Crippen LogP contribution in [0.5, 0.6) is 0 Å². The number of likely N-dealkylation sites (N-methyl/N-ethyl adjacent to an activating group) is 1. The fraction of sp³-hybridized carbons (Fsp3) is 0.300. The van der Waals surface area contributed by atoms with E-state index in [2.05, 4.69) is 5.32 Å². The summed E-state index contributed by atoms with van der Waals surface area (Å²) in [5.41, 5.74) is 2.20. The van der Waals surface area contributed by atoms with Crippen LogP contribution in [0.15, 0.2) is 50.2 Å². The van der Waals surface area contributed by atoms with E-state index in [9.17, 15) is 9.59 Å². The van der Waals surface area contributed by atoms with Crippen LogP contribution >= 0.6 is 0 Å². The van der Waals surface area contributed by atoms with Crippen LogP contribution < -0.4 is 10.7 Å². The first-order chi connectivity index (χ1) is 12.4. The van der Waals surface area contributed by atoms with Crippen LogP contribution in [0.25, 0.3) is 11.0 Å². The molecule has 1 N–H and O–H groups in total. The minimum atomic E-state index is -0.430. The van der Waals surface area contributed by atoms with Crippen LogP contribution in [0.2, 0.25) is 0 Å². The number of carbonyl (C=O) groups is 1. The van der Waals surface area contributed by atoms with Gasteiger partial charge in [-0.3, -0.25) is 14.5 Å². The quantitative estimate of drug-likeness (QED) is 0.762. The molecule has 26 heavy (non-hydrogen) atoms. The highest BCUT2D eigenvalue weighted by Gasteiger charge is 2.20. The maximum Gasteiger partial charge on any atom is 0.287 e. The Morgan fingerprint density at radius 3 is 2.58 bits per heavy atom. The molecular weight excluding hydrogens is 332 g/mol. The maximum atomic E-state index is 12.5. The van der Waals surface area contributed by atoms with E-state index in [1.807, 2.05) is 38.9 Å². The monoisotopic (exact) mass is 354 g/mol. The van der Waals surface area contributed by atoms with Crippen LogP contribution in [0.4, 0.5) is 0 Å². The van der Waals surface area contributed by atoms with Crippen LogP contribution in [-0.4, -0.2) is 31.4 Å². The molecule has 136 valence electrons. The van der Waals surface area contributed by atoms with Gasteiger partial charge in [0.25, 0.3) is 5.91 Å². The number of rotatable bonds is 5. The third kappa shape index (κ3) is 3.55. The van der Waals surface area contributed by atoms with Crippen LogP contribution in [-0.2, 0) is 0 Å². The number of fused-ring (bicyclic) bond motifs is 1. The average molecular weight is 354 g/mol. The van der Waals surface area contributed by atoms with E-state index in [0.29, 0.717) is 17.5 Å². The fourth-order valence-corrected chi connectivity index (χ4v) is 2.82. The number of nitrogens with zero attached hydrogens (tertiary/aromatic N) is 1. The maximum absolute atomic E-state index is 12.5. The minimum absolute atomic E-state index is 0.00250. The number of carbonyl (C=O) groups excluding carboxylic acids is 1. The van der Waals surface area contributed by atoms with E-state index in [1.165, 1.54) is 6.07 Å². The molecule has 6 nitrogen and oxygen atoms in total. The van der Waals surface area contributed by atoms with Gasteiger partial charge in [0.1, 0.15) is 11.3 Å². The highest BCUT2D eigenvalue weighted by atomic mass is 16.3. The van der Waals surface area contributed by atoms with Crippen molar-refractivity contribution in [3.8, 4) is 0 Å². The van der Waals surface area contributed by atoms with Crippen molar-refractivity contribution in [3.63, 3.8) is 0 Å². The smallest absolute Gasteiger partial charge is 0.287 e. The predicted molar refractivity (Wildman–Crippen MR) is 99.4 cm³/mol. The van der Waals surface area contributed by atoms with Gasteiger partial charge in [-0.2, -0.15) is 0 Å². The molecular formula is C20H22N2O4. The lowest BCUT2D eigenvalue weighted by Crippen LogP contribution is -2.34. The molecule has 1 amide bonds. The van der Waals surface area contributed by atoms with Crippen molar-refractivity contribution in [1.29, 1.82) is 0 Å². The normalized spacial score (nSPS) is 12.5. The van der Waals surface area contributed by atoms with Crippen molar-refractivity contribution >= 4 is 16.9 Å². The number of furan rings is 1. The lowest BCUT2D eigenvalue weighted by Gasteiger charge is -2.22. The van der Waals surface area contributed by atoms with Crippen molar-refractivity contribution in [2.24, 2.45) is 0 Å². The fourth-order valence-electron chi connectivity index (χ4n) is 2.82. The van der Waals surface area contributed by atoms with Gasteiger partial charge in [0.15, 0.2) is 11.2 Å². The second-order valence-electron chi connectivity index (χ2n) is 6.61. The molecule has 0 aliphatic rings. The molecule has 0 saturated heterocycles. The third-order valence-corrected chi connectivity index (χ3v) is 4.52. The summed E-state index contributed by atoms with van der Waals surface area (Å²) in [7, 11) is 3.81. The average Bonchev–Trinajstić information content (AvgIpc) is 3.10. The molecule has 0 unspecified atom stereocenters. The Hall–Kier alpha value is -2.86. The first-order valence-electron chi connectivity index (χ1n) is 8.40. The first kappa shape index (κ1) is 17.9. The van der Waals surface area contributed by atoms with Gasteiger partial charge in [-0.25, -0.2) is 0 Å². The molecule has 1 atom stereocenters. The summed E-state index contributed by atoms with van der Waals surface area (Å²) in [6.07, 6.45) is 1.60. The van der Waals surface area contributed by atoms with Crippen molar-refractivity contribution in [2.75, 3.05) is 20.6 Å². The highest BCUT2D eigenvalue weighted by Crippen LogP contribution is 2.19. The number of amides is 1. The van der Waals surface area contributed by atoms with E-state index < -0.39 is 5.91 Å². The van der Waals surface area contributed by atoms with Crippen molar-refractivity contribution < 1.29 is 13.6 Å². The Morgan fingerprint density at radius 1 is 1.19 bits per heavy atom. The zero-order chi connectivity index (χ0) is 18.8. The summed E-state index contributed by atoms with van der Waals surface area (Å²) in [4.78, 5) is 26.8. The summed E-state index contributed by atoms with van der Waals surface area (Å²) in [6.45, 7) is 4.20. The van der Waals surface area contributed by atoms with Crippen LogP contribution in [0.1, 0.15) is 33.5 Å². The van der Waals surface area contributed by atoms with Gasteiger partial charge in [-0.05, 0) is 63.3 Å². The Labute approximate surface area is 151 Å². The zero-order valence-electron chi connectivity index (χ0n) is 15.3. The second kappa shape index (κ2) is 7.17. The predicted octanol–water partition coefficient (Wildman–Crippen LogP) is 3.04. The van der Waals surface area contributed by atoms with Crippen LogP contribution in [0.3, 0.4) is 0 Å². The molecule has 0 bridgehead atoms. The van der Waals surface area contributed by atoms with Gasteiger partial charge < -0.3 is 14.2 Å². The number of benzene rings is 1. The van der Waals surface area contributed by atoms with E-state index in [-0.39, 0.29) is 17.2 Å². The minimum Gasteiger partial charge on any atom is -0.468 e. The lowest BCUT2D eigenvalue weighted by molar-refractivity contribution is 0.0912. The summed E-state index contributed by atoms with van der Waals surface area (Å²) < 4.78 is 11.1. The third-order valence-electron chi connectivity index (χ3n) is 4.52. The Kier molecular flexibility index (Phi) is 4.95. The Balaban J connectivity index is 1.83. The van der Waals surface area contributed by atoms with E-state index in [0.717, 1.165) is 16.9 Å². The van der Waals surface area contributed by atoms with E-state index in [1.54, 1.807) is 24.5 Å². The van der Waals surface area contributed by atoms with Crippen LogP contribution in [0, 0.1) is 13.8 Å². The van der Waals surface area contributed by atoms with Crippen molar-refractivity contribution in [1.82, 2.24) is 10.2 Å². The standard InChI is InChI=1S/C20H22N2O4/c1-12-8-14-16(23)10-19(26-18(14)9-13(12)2)20(24)21-11-15(22(3)4)17-6-5-7-25-17/h5-10,15H,11H2,1-4H3,(H,21,24)/t15-/m1/s1. The zero-order valence-corrected chi connectivity index (χ0v) is 15.3. The SMILES string of the molecule is Cc1cc2oc(C(=O)NC[C@H](c3ccco3)N(C)C)cc(=O)c2cc1C. The van der Waals surface area contributed by atoms with Gasteiger partial charge in [-0.15, -0.1) is 0 Å². The van der Waals surface area contributed by atoms with Gasteiger partial charge in [-0.1, -0.05) is 0 Å². The molecule has 0 radical (unpaired) electrons. The van der Waals surface area contributed by atoms with Gasteiger partial charge >= 0.3 is 0 Å². The molecule has 0 spiro atoms. The summed E-state index contributed by atoms with van der Waals surface area (Å²) in [5.74, 6) is 0.324. The molecule has 0 saturated carbocycles.